The van der Waals surface area contributed by atoms with Gasteiger partial charge in [-0.3, -0.25) is 0 Å². The van der Waals surface area contributed by atoms with E-state index in [1.54, 1.807) is 0 Å². The molecule has 3 heteroatoms. The molecule has 0 amide bonds. The molecule has 86 valence electrons. The van der Waals surface area contributed by atoms with Crippen LogP contribution in [0.15, 0.2) is 12.4 Å². The van der Waals surface area contributed by atoms with E-state index < -0.39 is 0 Å². The van der Waals surface area contributed by atoms with Gasteiger partial charge in [0.05, 0.1) is 0 Å². The first kappa shape index (κ1) is 12.1. The van der Waals surface area contributed by atoms with Crippen LogP contribution in [0.2, 0.25) is 0 Å². The second-order valence-electron chi connectivity index (χ2n) is 5.18. The molecule has 0 bridgehead atoms. The molecular formula is C12H23N3. The van der Waals surface area contributed by atoms with Crippen LogP contribution in [0.4, 0.5) is 5.95 Å². The first-order valence-electron chi connectivity index (χ1n) is 5.78. The average Bonchev–Trinajstić information content (AvgIpc) is 2.51. The first-order chi connectivity index (χ1) is 7.03. The van der Waals surface area contributed by atoms with E-state index in [4.69, 9.17) is 0 Å². The molecule has 3 nitrogen and oxygen atoms in total. The molecule has 1 rings (SSSR count). The van der Waals surface area contributed by atoms with E-state index in [0.717, 1.165) is 31.9 Å². The van der Waals surface area contributed by atoms with Gasteiger partial charge in [0, 0.05) is 25.5 Å². The number of hydrogen-bond donors (Lipinski definition) is 1. The van der Waals surface area contributed by atoms with Crippen LogP contribution >= 0.6 is 0 Å². The average molecular weight is 209 g/mol. The van der Waals surface area contributed by atoms with E-state index in [2.05, 4.69) is 42.6 Å². The quantitative estimate of drug-likeness (QED) is 0.807. The summed E-state index contributed by atoms with van der Waals surface area (Å²) in [7, 11) is 0. The highest BCUT2D eigenvalue weighted by Gasteiger charge is 2.09. The van der Waals surface area contributed by atoms with Crippen LogP contribution in [0, 0.1) is 5.41 Å². The van der Waals surface area contributed by atoms with Crippen LogP contribution in [0.1, 0.15) is 40.5 Å². The smallest absolute Gasteiger partial charge is 0.202 e. The summed E-state index contributed by atoms with van der Waals surface area (Å²) < 4.78 is 2.17. The minimum absolute atomic E-state index is 0.384. The lowest BCUT2D eigenvalue weighted by molar-refractivity contribution is 0.389. The standard InChI is InChI=1S/C12H23N3/c1-5-9-15-10-8-14-11(15)13-7-6-12(2,3)4/h8,10H,5-7,9H2,1-4H3,(H,13,14). The molecule has 15 heavy (non-hydrogen) atoms. The van der Waals surface area contributed by atoms with Crippen molar-refractivity contribution in [2.45, 2.75) is 47.1 Å². The van der Waals surface area contributed by atoms with Gasteiger partial charge in [-0.05, 0) is 18.3 Å². The zero-order valence-corrected chi connectivity index (χ0v) is 10.4. The predicted molar refractivity (Wildman–Crippen MR) is 65.1 cm³/mol. The van der Waals surface area contributed by atoms with E-state index in [0.29, 0.717) is 5.41 Å². The Morgan fingerprint density at radius 3 is 2.73 bits per heavy atom. The van der Waals surface area contributed by atoms with E-state index in [-0.39, 0.29) is 0 Å². The van der Waals surface area contributed by atoms with Gasteiger partial charge < -0.3 is 9.88 Å². The van der Waals surface area contributed by atoms with E-state index in [9.17, 15) is 0 Å². The Balaban J connectivity index is 2.40. The molecule has 1 aromatic rings. The molecule has 1 N–H and O–H groups in total. The van der Waals surface area contributed by atoms with Gasteiger partial charge in [-0.25, -0.2) is 4.98 Å². The minimum atomic E-state index is 0.384. The topological polar surface area (TPSA) is 29.9 Å². The Bertz CT molecular complexity index is 283. The number of rotatable bonds is 5. The number of aryl methyl sites for hydroxylation is 1. The highest BCUT2D eigenvalue weighted by Crippen LogP contribution is 2.18. The van der Waals surface area contributed by atoms with Gasteiger partial charge in [0.2, 0.25) is 5.95 Å². The lowest BCUT2D eigenvalue weighted by atomic mass is 9.92. The Hall–Kier alpha value is -0.990. The van der Waals surface area contributed by atoms with Crippen LogP contribution in [-0.4, -0.2) is 16.1 Å². The molecular weight excluding hydrogens is 186 g/mol. The van der Waals surface area contributed by atoms with Gasteiger partial charge in [0.1, 0.15) is 0 Å². The zero-order chi connectivity index (χ0) is 11.3. The zero-order valence-electron chi connectivity index (χ0n) is 10.4. The van der Waals surface area contributed by atoms with Crippen molar-refractivity contribution in [1.29, 1.82) is 0 Å². The summed E-state index contributed by atoms with van der Waals surface area (Å²) in [6.45, 7) is 11.0. The Morgan fingerprint density at radius 1 is 1.40 bits per heavy atom. The summed E-state index contributed by atoms with van der Waals surface area (Å²) in [6.07, 6.45) is 6.19. The maximum absolute atomic E-state index is 4.31. The summed E-state index contributed by atoms with van der Waals surface area (Å²) in [5.41, 5.74) is 0.384. The Labute approximate surface area is 92.9 Å². The number of aromatic nitrogens is 2. The molecule has 0 saturated heterocycles. The van der Waals surface area contributed by atoms with Crippen molar-refractivity contribution in [3.8, 4) is 0 Å². The summed E-state index contributed by atoms with van der Waals surface area (Å²) in [5, 5.41) is 3.39. The maximum atomic E-state index is 4.31. The molecule has 0 atom stereocenters. The SMILES string of the molecule is CCCn1ccnc1NCCC(C)(C)C. The first-order valence-corrected chi connectivity index (χ1v) is 5.78. The normalized spacial score (nSPS) is 11.7. The third-order valence-corrected chi connectivity index (χ3v) is 2.34. The molecule has 0 unspecified atom stereocenters. The number of nitrogens with one attached hydrogen (secondary N) is 1. The Kier molecular flexibility index (Phi) is 4.18. The van der Waals surface area contributed by atoms with Crippen molar-refractivity contribution in [3.05, 3.63) is 12.4 Å². The number of anilines is 1. The molecule has 0 aliphatic heterocycles. The Morgan fingerprint density at radius 2 is 2.13 bits per heavy atom. The van der Waals surface area contributed by atoms with Crippen LogP contribution in [0.5, 0.6) is 0 Å². The van der Waals surface area contributed by atoms with Gasteiger partial charge in [0.15, 0.2) is 0 Å². The number of hydrogen-bond acceptors (Lipinski definition) is 2. The van der Waals surface area contributed by atoms with Gasteiger partial charge in [-0.1, -0.05) is 27.7 Å². The highest BCUT2D eigenvalue weighted by atomic mass is 15.2. The molecule has 0 saturated carbocycles. The third-order valence-electron chi connectivity index (χ3n) is 2.34. The summed E-state index contributed by atoms with van der Waals surface area (Å²) in [5.74, 6) is 1.00. The molecule has 0 spiro atoms. The van der Waals surface area contributed by atoms with Crippen molar-refractivity contribution in [2.75, 3.05) is 11.9 Å². The van der Waals surface area contributed by atoms with Crippen LogP contribution in [0.25, 0.3) is 0 Å². The van der Waals surface area contributed by atoms with Crippen molar-refractivity contribution in [1.82, 2.24) is 9.55 Å². The van der Waals surface area contributed by atoms with Crippen LogP contribution in [0.3, 0.4) is 0 Å². The fraction of sp³-hybridized carbons (Fsp3) is 0.750. The minimum Gasteiger partial charge on any atom is -0.356 e. The molecule has 0 aromatic carbocycles. The third kappa shape index (κ3) is 4.36. The highest BCUT2D eigenvalue weighted by molar-refractivity contribution is 5.25. The maximum Gasteiger partial charge on any atom is 0.202 e. The lowest BCUT2D eigenvalue weighted by Gasteiger charge is -2.18. The van der Waals surface area contributed by atoms with Gasteiger partial charge in [-0.15, -0.1) is 0 Å². The summed E-state index contributed by atoms with van der Waals surface area (Å²) in [4.78, 5) is 4.31. The summed E-state index contributed by atoms with van der Waals surface area (Å²) in [6, 6.07) is 0. The molecule has 0 aliphatic carbocycles. The number of nitrogens with zero attached hydrogens (tertiary/aromatic N) is 2. The van der Waals surface area contributed by atoms with Crippen molar-refractivity contribution >= 4 is 5.95 Å². The molecule has 0 radical (unpaired) electrons. The molecule has 1 heterocycles. The van der Waals surface area contributed by atoms with E-state index >= 15 is 0 Å². The van der Waals surface area contributed by atoms with E-state index in [1.807, 2.05) is 12.4 Å². The fourth-order valence-corrected chi connectivity index (χ4v) is 1.45. The second kappa shape index (κ2) is 5.19. The van der Waals surface area contributed by atoms with Crippen molar-refractivity contribution in [2.24, 2.45) is 5.41 Å². The molecule has 0 aliphatic rings. The monoisotopic (exact) mass is 209 g/mol. The lowest BCUT2D eigenvalue weighted by Crippen LogP contribution is -2.15. The summed E-state index contributed by atoms with van der Waals surface area (Å²) >= 11 is 0. The predicted octanol–water partition coefficient (Wildman–Crippen LogP) is 3.14. The molecule has 0 fully saturated rings. The van der Waals surface area contributed by atoms with Crippen LogP contribution < -0.4 is 5.32 Å². The van der Waals surface area contributed by atoms with Crippen molar-refractivity contribution < 1.29 is 0 Å². The van der Waals surface area contributed by atoms with Crippen molar-refractivity contribution in [3.63, 3.8) is 0 Å². The second-order valence-corrected chi connectivity index (χ2v) is 5.18. The van der Waals surface area contributed by atoms with E-state index in [1.165, 1.54) is 0 Å². The van der Waals surface area contributed by atoms with Gasteiger partial charge in [-0.2, -0.15) is 0 Å². The van der Waals surface area contributed by atoms with Gasteiger partial charge >= 0.3 is 0 Å². The molecule has 1 aromatic heterocycles. The van der Waals surface area contributed by atoms with Crippen LogP contribution in [-0.2, 0) is 6.54 Å². The number of imidazole rings is 1. The fourth-order valence-electron chi connectivity index (χ4n) is 1.45. The van der Waals surface area contributed by atoms with Gasteiger partial charge in [0.25, 0.3) is 0 Å². The largest absolute Gasteiger partial charge is 0.356 e.